The summed E-state index contributed by atoms with van der Waals surface area (Å²) >= 11 is 0. The lowest BCUT2D eigenvalue weighted by molar-refractivity contribution is 0.0889. The minimum atomic E-state index is -0.601. The maximum Gasteiger partial charge on any atom is 0.181 e. The van der Waals surface area contributed by atoms with Gasteiger partial charge >= 0.3 is 0 Å². The Morgan fingerprint density at radius 2 is 1.89 bits per heavy atom. The minimum absolute atomic E-state index is 0.143. The lowest BCUT2D eigenvalue weighted by atomic mass is 9.86. The predicted molar refractivity (Wildman–Crippen MR) is 104 cm³/mol. The van der Waals surface area contributed by atoms with Gasteiger partial charge in [0, 0.05) is 29.3 Å². The Kier molecular flexibility index (Phi) is 4.22. The standard InChI is InChI=1S/C22H22O6/c1-22(2)6-5-12-7-14(18(26-4)10-17(12)28-22)15-11-27-19-9-13(25-3)8-16(23)20(19)21(15)24/h5-10,15,23H,11H2,1-4H3. The van der Waals surface area contributed by atoms with Crippen molar-refractivity contribution in [2.75, 3.05) is 20.8 Å². The number of benzene rings is 2. The van der Waals surface area contributed by atoms with Gasteiger partial charge in [-0.2, -0.15) is 0 Å². The van der Waals surface area contributed by atoms with Crippen LogP contribution in [-0.4, -0.2) is 37.3 Å². The van der Waals surface area contributed by atoms with Gasteiger partial charge in [-0.3, -0.25) is 4.79 Å². The summed E-state index contributed by atoms with van der Waals surface area (Å²) < 4.78 is 22.5. The molecule has 6 heteroatoms. The van der Waals surface area contributed by atoms with Gasteiger partial charge < -0.3 is 24.1 Å². The lowest BCUT2D eigenvalue weighted by Crippen LogP contribution is -2.29. The molecule has 2 aromatic rings. The molecule has 28 heavy (non-hydrogen) atoms. The summed E-state index contributed by atoms with van der Waals surface area (Å²) in [6.45, 7) is 4.09. The van der Waals surface area contributed by atoms with Gasteiger partial charge in [0.2, 0.25) is 0 Å². The topological polar surface area (TPSA) is 74.2 Å². The Hall–Kier alpha value is -3.15. The quantitative estimate of drug-likeness (QED) is 0.866. The number of phenols is 1. The molecule has 0 radical (unpaired) electrons. The fraction of sp³-hybridized carbons (Fsp3) is 0.318. The van der Waals surface area contributed by atoms with E-state index in [9.17, 15) is 9.90 Å². The Morgan fingerprint density at radius 1 is 1.11 bits per heavy atom. The van der Waals surface area contributed by atoms with Crippen molar-refractivity contribution in [3.8, 4) is 28.7 Å². The molecule has 146 valence electrons. The van der Waals surface area contributed by atoms with Crippen LogP contribution in [0.15, 0.2) is 30.3 Å². The van der Waals surface area contributed by atoms with Crippen molar-refractivity contribution in [3.63, 3.8) is 0 Å². The molecule has 4 rings (SSSR count). The number of hydrogen-bond donors (Lipinski definition) is 1. The average Bonchev–Trinajstić information content (AvgIpc) is 2.66. The van der Waals surface area contributed by atoms with Crippen LogP contribution in [-0.2, 0) is 0 Å². The Balaban J connectivity index is 1.77. The van der Waals surface area contributed by atoms with Crippen LogP contribution in [0.4, 0.5) is 0 Å². The van der Waals surface area contributed by atoms with Crippen molar-refractivity contribution in [1.29, 1.82) is 0 Å². The van der Waals surface area contributed by atoms with Crippen molar-refractivity contribution in [3.05, 3.63) is 47.0 Å². The molecule has 0 fully saturated rings. The summed E-state index contributed by atoms with van der Waals surface area (Å²) in [5.41, 5.74) is 1.31. The van der Waals surface area contributed by atoms with Crippen molar-refractivity contribution in [2.45, 2.75) is 25.4 Å². The number of hydrogen-bond acceptors (Lipinski definition) is 6. The summed E-state index contributed by atoms with van der Waals surface area (Å²) in [5.74, 6) is 1.01. The van der Waals surface area contributed by atoms with Crippen LogP contribution in [0.1, 0.15) is 41.3 Å². The molecule has 1 N–H and O–H groups in total. The van der Waals surface area contributed by atoms with Gasteiger partial charge in [0.25, 0.3) is 0 Å². The van der Waals surface area contributed by atoms with E-state index in [1.165, 1.54) is 13.2 Å². The molecule has 2 aromatic carbocycles. The number of ether oxygens (including phenoxy) is 4. The van der Waals surface area contributed by atoms with Crippen LogP contribution >= 0.6 is 0 Å². The van der Waals surface area contributed by atoms with Gasteiger partial charge in [0.15, 0.2) is 5.78 Å². The van der Waals surface area contributed by atoms with Crippen LogP contribution in [0.3, 0.4) is 0 Å². The van der Waals surface area contributed by atoms with Crippen molar-refractivity contribution < 1.29 is 28.8 Å². The van der Waals surface area contributed by atoms with Gasteiger partial charge in [-0.1, -0.05) is 6.08 Å². The number of rotatable bonds is 3. The smallest absolute Gasteiger partial charge is 0.181 e. The second kappa shape index (κ2) is 6.48. The molecule has 0 spiro atoms. The lowest BCUT2D eigenvalue weighted by Gasteiger charge is -2.30. The monoisotopic (exact) mass is 382 g/mol. The number of aromatic hydroxyl groups is 1. The maximum absolute atomic E-state index is 13.2. The molecule has 6 nitrogen and oxygen atoms in total. The summed E-state index contributed by atoms with van der Waals surface area (Å²) in [5, 5.41) is 10.3. The average molecular weight is 382 g/mol. The van der Waals surface area contributed by atoms with E-state index >= 15 is 0 Å². The first kappa shape index (κ1) is 18.2. The van der Waals surface area contributed by atoms with Crippen LogP contribution < -0.4 is 18.9 Å². The van der Waals surface area contributed by atoms with Crippen LogP contribution in [0, 0.1) is 0 Å². The fourth-order valence-corrected chi connectivity index (χ4v) is 3.58. The molecule has 0 saturated heterocycles. The number of ketones is 1. The Labute approximate surface area is 163 Å². The molecule has 0 saturated carbocycles. The van der Waals surface area contributed by atoms with Gasteiger partial charge in [0.05, 0.1) is 20.1 Å². The van der Waals surface area contributed by atoms with Crippen LogP contribution in [0.5, 0.6) is 28.7 Å². The highest BCUT2D eigenvalue weighted by Gasteiger charge is 2.36. The number of Topliss-reactive ketones (excluding diaryl/α,β-unsaturated/α-hetero) is 1. The van der Waals surface area contributed by atoms with Gasteiger partial charge in [-0.05, 0) is 26.0 Å². The van der Waals surface area contributed by atoms with Gasteiger partial charge in [-0.25, -0.2) is 0 Å². The molecule has 2 heterocycles. The third-order valence-corrected chi connectivity index (χ3v) is 5.03. The number of methoxy groups -OCH3 is 2. The van der Waals surface area contributed by atoms with E-state index in [0.29, 0.717) is 28.6 Å². The molecule has 2 aliphatic rings. The van der Waals surface area contributed by atoms with Crippen LogP contribution in [0.25, 0.3) is 6.08 Å². The zero-order chi connectivity index (χ0) is 20.1. The van der Waals surface area contributed by atoms with Crippen molar-refractivity contribution >= 4 is 11.9 Å². The molecule has 0 aromatic heterocycles. The number of phenolic OH excluding ortho intramolecular Hbond substituents is 1. The first-order valence-electron chi connectivity index (χ1n) is 9.01. The third-order valence-electron chi connectivity index (χ3n) is 5.03. The highest BCUT2D eigenvalue weighted by molar-refractivity contribution is 6.07. The van der Waals surface area contributed by atoms with Crippen molar-refractivity contribution in [2.24, 2.45) is 0 Å². The molecule has 1 atom stereocenters. The van der Waals surface area contributed by atoms with E-state index in [2.05, 4.69) is 0 Å². The first-order chi connectivity index (χ1) is 13.3. The van der Waals surface area contributed by atoms with E-state index in [-0.39, 0.29) is 23.7 Å². The summed E-state index contributed by atoms with van der Waals surface area (Å²) in [6, 6.07) is 6.70. The highest BCUT2D eigenvalue weighted by atomic mass is 16.5. The second-order valence-electron chi connectivity index (χ2n) is 7.42. The summed E-state index contributed by atoms with van der Waals surface area (Å²) in [7, 11) is 3.04. The number of carbonyl (C=O) groups is 1. The van der Waals surface area contributed by atoms with Gasteiger partial charge in [0.1, 0.15) is 46.5 Å². The van der Waals surface area contributed by atoms with E-state index in [0.717, 1.165) is 5.56 Å². The molecule has 2 aliphatic heterocycles. The van der Waals surface area contributed by atoms with E-state index in [4.69, 9.17) is 18.9 Å². The molecule has 0 bridgehead atoms. The molecular formula is C22H22O6. The highest BCUT2D eigenvalue weighted by Crippen LogP contribution is 2.44. The summed E-state index contributed by atoms with van der Waals surface area (Å²) in [6.07, 6.45) is 3.95. The normalized spacial score (nSPS) is 19.1. The first-order valence-corrected chi connectivity index (χ1v) is 9.01. The zero-order valence-electron chi connectivity index (χ0n) is 16.2. The van der Waals surface area contributed by atoms with Gasteiger partial charge in [-0.15, -0.1) is 0 Å². The molecule has 1 unspecified atom stereocenters. The van der Waals surface area contributed by atoms with Crippen molar-refractivity contribution in [1.82, 2.24) is 0 Å². The van der Waals surface area contributed by atoms with Crippen LogP contribution in [0.2, 0.25) is 0 Å². The number of carbonyl (C=O) groups excluding carboxylic acids is 1. The Bertz CT molecular complexity index is 989. The zero-order valence-corrected chi connectivity index (χ0v) is 16.2. The van der Waals surface area contributed by atoms with E-state index in [1.54, 1.807) is 19.2 Å². The Morgan fingerprint density at radius 3 is 2.61 bits per heavy atom. The second-order valence-corrected chi connectivity index (χ2v) is 7.42. The largest absolute Gasteiger partial charge is 0.507 e. The number of fused-ring (bicyclic) bond motifs is 2. The predicted octanol–water partition coefficient (Wildman–Crippen LogP) is 3.95. The fourth-order valence-electron chi connectivity index (χ4n) is 3.58. The molecular weight excluding hydrogens is 360 g/mol. The molecule has 0 aliphatic carbocycles. The van der Waals surface area contributed by atoms with E-state index in [1.807, 2.05) is 32.1 Å². The third kappa shape index (κ3) is 2.95. The maximum atomic E-state index is 13.2. The molecule has 0 amide bonds. The van der Waals surface area contributed by atoms with E-state index < -0.39 is 11.5 Å². The summed E-state index contributed by atoms with van der Waals surface area (Å²) in [4.78, 5) is 13.2. The minimum Gasteiger partial charge on any atom is -0.507 e. The SMILES string of the molecule is COc1cc(O)c2c(c1)OCC(c1cc3c(cc1OC)OC(C)(C)C=C3)C2=O.